The summed E-state index contributed by atoms with van der Waals surface area (Å²) in [7, 11) is 0. The predicted octanol–water partition coefficient (Wildman–Crippen LogP) is 2.94. The summed E-state index contributed by atoms with van der Waals surface area (Å²) >= 11 is 0. The molecule has 0 bridgehead atoms. The molecule has 3 aliphatic carbocycles. The maximum Gasteiger partial charge on any atom is 0.00416 e. The molecule has 3 saturated carbocycles. The quantitative estimate of drug-likeness (QED) is 0.681. The molecule has 3 fully saturated rings. The highest BCUT2D eigenvalue weighted by molar-refractivity contribution is 5.12. The highest BCUT2D eigenvalue weighted by Gasteiger charge is 2.62. The van der Waals surface area contributed by atoms with Crippen LogP contribution >= 0.6 is 0 Å². The Morgan fingerprint density at radius 2 is 1.93 bits per heavy atom. The largest absolute Gasteiger partial charge is 0.328 e. The van der Waals surface area contributed by atoms with Crippen LogP contribution in [0.2, 0.25) is 0 Å². The predicted molar refractivity (Wildman–Crippen MR) is 58.9 cm³/mol. The van der Waals surface area contributed by atoms with Crippen molar-refractivity contribution in [3.63, 3.8) is 0 Å². The van der Waals surface area contributed by atoms with E-state index in [1.807, 2.05) is 0 Å². The van der Waals surface area contributed by atoms with E-state index in [4.69, 9.17) is 5.73 Å². The number of rotatable bonds is 1. The molecular weight excluding hydrogens is 170 g/mol. The van der Waals surface area contributed by atoms with Gasteiger partial charge in [-0.15, -0.1) is 0 Å². The first kappa shape index (κ1) is 9.21. The summed E-state index contributed by atoms with van der Waals surface area (Å²) in [5, 5.41) is 0. The van der Waals surface area contributed by atoms with Crippen molar-refractivity contribution in [1.29, 1.82) is 0 Å². The molecule has 80 valence electrons. The second-order valence-electron chi connectivity index (χ2n) is 6.30. The normalized spacial score (nSPS) is 57.0. The Labute approximate surface area is 87.4 Å². The Balaban J connectivity index is 1.71. The van der Waals surface area contributed by atoms with Crippen LogP contribution < -0.4 is 5.73 Å². The van der Waals surface area contributed by atoms with Crippen molar-refractivity contribution >= 4 is 0 Å². The molecule has 0 saturated heterocycles. The fraction of sp³-hybridized carbons (Fsp3) is 1.00. The van der Waals surface area contributed by atoms with Crippen molar-refractivity contribution in [3.05, 3.63) is 0 Å². The first-order valence-corrected chi connectivity index (χ1v) is 6.46. The molecule has 14 heavy (non-hydrogen) atoms. The molecule has 0 heterocycles. The Bertz CT molecular complexity index is 237. The zero-order chi connectivity index (χ0) is 9.76. The molecule has 0 aromatic carbocycles. The van der Waals surface area contributed by atoms with Gasteiger partial charge in [0.15, 0.2) is 0 Å². The summed E-state index contributed by atoms with van der Waals surface area (Å²) in [6.45, 7) is 2.44. The highest BCUT2D eigenvalue weighted by atomic mass is 14.7. The zero-order valence-corrected chi connectivity index (χ0v) is 9.34. The van der Waals surface area contributed by atoms with Crippen molar-refractivity contribution in [2.24, 2.45) is 28.9 Å². The third-order valence-corrected chi connectivity index (χ3v) is 5.22. The Kier molecular flexibility index (Phi) is 1.96. The van der Waals surface area contributed by atoms with Crippen molar-refractivity contribution in [3.8, 4) is 0 Å². The third-order valence-electron chi connectivity index (χ3n) is 5.22. The minimum absolute atomic E-state index is 0.528. The molecule has 5 atom stereocenters. The fourth-order valence-electron chi connectivity index (χ4n) is 4.60. The van der Waals surface area contributed by atoms with Crippen molar-refractivity contribution in [2.75, 3.05) is 0 Å². The molecule has 0 aromatic rings. The summed E-state index contributed by atoms with van der Waals surface area (Å²) in [4.78, 5) is 0. The molecule has 3 rings (SSSR count). The van der Waals surface area contributed by atoms with E-state index in [1.54, 1.807) is 6.42 Å². The van der Waals surface area contributed by atoms with E-state index >= 15 is 0 Å². The third kappa shape index (κ3) is 1.25. The van der Waals surface area contributed by atoms with Crippen LogP contribution in [0.15, 0.2) is 0 Å². The summed E-state index contributed by atoms with van der Waals surface area (Å²) in [5.74, 6) is 3.11. The first-order chi connectivity index (χ1) is 6.71. The molecule has 1 heteroatoms. The van der Waals surface area contributed by atoms with E-state index in [2.05, 4.69) is 6.92 Å². The Morgan fingerprint density at radius 1 is 1.07 bits per heavy atom. The lowest BCUT2D eigenvalue weighted by atomic mass is 9.74. The average Bonchev–Trinajstić information content (AvgIpc) is 2.71. The molecular formula is C13H23N. The van der Waals surface area contributed by atoms with Gasteiger partial charge in [-0.05, 0) is 61.7 Å². The molecule has 0 amide bonds. The van der Waals surface area contributed by atoms with E-state index < -0.39 is 0 Å². The first-order valence-electron chi connectivity index (χ1n) is 6.46. The van der Waals surface area contributed by atoms with Gasteiger partial charge in [-0.3, -0.25) is 0 Å². The lowest BCUT2D eigenvalue weighted by Gasteiger charge is -2.33. The van der Waals surface area contributed by atoms with Crippen LogP contribution in [0, 0.1) is 23.2 Å². The topological polar surface area (TPSA) is 26.0 Å². The van der Waals surface area contributed by atoms with Gasteiger partial charge in [-0.2, -0.15) is 0 Å². The average molecular weight is 193 g/mol. The van der Waals surface area contributed by atoms with Crippen molar-refractivity contribution in [2.45, 2.75) is 57.9 Å². The maximum atomic E-state index is 6.10. The summed E-state index contributed by atoms with van der Waals surface area (Å²) in [6.07, 6.45) is 10.1. The summed E-state index contributed by atoms with van der Waals surface area (Å²) in [5.41, 5.74) is 6.91. The summed E-state index contributed by atoms with van der Waals surface area (Å²) < 4.78 is 0. The molecule has 1 nitrogen and oxygen atoms in total. The van der Waals surface area contributed by atoms with Gasteiger partial charge >= 0.3 is 0 Å². The monoisotopic (exact) mass is 193 g/mol. The highest BCUT2D eigenvalue weighted by Crippen LogP contribution is 2.70. The number of nitrogens with two attached hydrogens (primary N) is 1. The SMILES string of the molecule is CC1CC2CC2(C2CCCC(N)C2)C1. The second-order valence-corrected chi connectivity index (χ2v) is 6.30. The number of hydrogen-bond donors (Lipinski definition) is 1. The smallest absolute Gasteiger partial charge is 0.00416 e. The number of hydrogen-bond acceptors (Lipinski definition) is 1. The van der Waals surface area contributed by atoms with Crippen LogP contribution in [0.4, 0.5) is 0 Å². The van der Waals surface area contributed by atoms with Gasteiger partial charge in [0.05, 0.1) is 0 Å². The zero-order valence-electron chi connectivity index (χ0n) is 9.34. The fourth-order valence-corrected chi connectivity index (χ4v) is 4.60. The molecule has 0 aromatic heterocycles. The second kappa shape index (κ2) is 2.98. The van der Waals surface area contributed by atoms with Gasteiger partial charge in [-0.1, -0.05) is 13.3 Å². The molecule has 0 radical (unpaired) electrons. The van der Waals surface area contributed by atoms with Crippen molar-refractivity contribution < 1.29 is 0 Å². The lowest BCUT2D eigenvalue weighted by Crippen LogP contribution is -2.32. The lowest BCUT2D eigenvalue weighted by molar-refractivity contribution is 0.195. The van der Waals surface area contributed by atoms with Crippen LogP contribution in [-0.2, 0) is 0 Å². The van der Waals surface area contributed by atoms with Crippen LogP contribution in [0.25, 0.3) is 0 Å². The Hall–Kier alpha value is -0.0400. The minimum Gasteiger partial charge on any atom is -0.328 e. The molecule has 2 N–H and O–H groups in total. The van der Waals surface area contributed by atoms with Gasteiger partial charge in [0.2, 0.25) is 0 Å². The van der Waals surface area contributed by atoms with Crippen molar-refractivity contribution in [1.82, 2.24) is 0 Å². The Morgan fingerprint density at radius 3 is 2.57 bits per heavy atom. The standard InChI is InChI=1S/C13H23N/c1-9-5-11-8-13(11,7-9)10-3-2-4-12(14)6-10/h9-12H,2-8,14H2,1H3. The van der Waals surface area contributed by atoms with Gasteiger partial charge in [0, 0.05) is 6.04 Å². The molecule has 5 unspecified atom stereocenters. The van der Waals surface area contributed by atoms with Crippen LogP contribution in [0.3, 0.4) is 0 Å². The minimum atomic E-state index is 0.528. The van der Waals surface area contributed by atoms with E-state index in [0.29, 0.717) is 6.04 Å². The van der Waals surface area contributed by atoms with Gasteiger partial charge in [0.1, 0.15) is 0 Å². The van der Waals surface area contributed by atoms with Gasteiger partial charge < -0.3 is 5.73 Å². The van der Waals surface area contributed by atoms with Crippen LogP contribution in [0.5, 0.6) is 0 Å². The number of fused-ring (bicyclic) bond motifs is 1. The van der Waals surface area contributed by atoms with Crippen LogP contribution in [0.1, 0.15) is 51.9 Å². The summed E-state index contributed by atoms with van der Waals surface area (Å²) in [6, 6.07) is 0.528. The van der Waals surface area contributed by atoms with E-state index in [0.717, 1.165) is 23.2 Å². The molecule has 0 aliphatic heterocycles. The van der Waals surface area contributed by atoms with Crippen LogP contribution in [-0.4, -0.2) is 6.04 Å². The molecule has 3 aliphatic rings. The van der Waals surface area contributed by atoms with E-state index in [-0.39, 0.29) is 0 Å². The van der Waals surface area contributed by atoms with E-state index in [9.17, 15) is 0 Å². The van der Waals surface area contributed by atoms with E-state index in [1.165, 1.54) is 38.5 Å². The van der Waals surface area contributed by atoms with Gasteiger partial charge in [-0.25, -0.2) is 0 Å². The molecule has 0 spiro atoms. The maximum absolute atomic E-state index is 6.10. The van der Waals surface area contributed by atoms with Gasteiger partial charge in [0.25, 0.3) is 0 Å².